The monoisotopic (exact) mass is 398 g/mol. The molecule has 0 aliphatic carbocycles. The molecule has 1 aromatic heterocycles. The molecular weight excluding hydrogens is 376 g/mol. The Morgan fingerprint density at radius 1 is 0.867 bits per heavy atom. The van der Waals surface area contributed by atoms with E-state index in [2.05, 4.69) is 10.3 Å². The van der Waals surface area contributed by atoms with Gasteiger partial charge in [0.25, 0.3) is 11.5 Å². The summed E-state index contributed by atoms with van der Waals surface area (Å²) in [6.45, 7) is 0.301. The van der Waals surface area contributed by atoms with E-state index in [1.807, 2.05) is 84.9 Å². The number of aromatic nitrogens is 1. The number of fused-ring (bicyclic) bond motifs is 1. The van der Waals surface area contributed by atoms with Crippen LogP contribution in [0.4, 0.5) is 0 Å². The van der Waals surface area contributed by atoms with Gasteiger partial charge in [-0.25, -0.2) is 0 Å². The second kappa shape index (κ2) is 9.09. The van der Waals surface area contributed by atoms with Crippen molar-refractivity contribution in [3.8, 4) is 16.9 Å². The number of rotatable bonds is 7. The van der Waals surface area contributed by atoms with E-state index in [0.29, 0.717) is 24.3 Å². The van der Waals surface area contributed by atoms with Crippen molar-refractivity contribution >= 4 is 16.8 Å². The summed E-state index contributed by atoms with van der Waals surface area (Å²) in [6.07, 6.45) is 0.456. The highest BCUT2D eigenvalue weighted by molar-refractivity contribution is 5.79. The third-order valence-electron chi connectivity index (χ3n) is 4.88. The van der Waals surface area contributed by atoms with Gasteiger partial charge < -0.3 is 15.0 Å². The van der Waals surface area contributed by atoms with Crippen LogP contribution in [0.3, 0.4) is 0 Å². The molecule has 0 spiro atoms. The zero-order valence-electron chi connectivity index (χ0n) is 16.4. The van der Waals surface area contributed by atoms with Crippen molar-refractivity contribution in [3.63, 3.8) is 0 Å². The van der Waals surface area contributed by atoms with Gasteiger partial charge in [0.2, 0.25) is 0 Å². The third kappa shape index (κ3) is 4.75. The lowest BCUT2D eigenvalue weighted by atomic mass is 10.1. The number of amides is 1. The van der Waals surface area contributed by atoms with E-state index in [9.17, 15) is 9.59 Å². The van der Waals surface area contributed by atoms with Crippen molar-refractivity contribution in [1.82, 2.24) is 10.3 Å². The van der Waals surface area contributed by atoms with E-state index in [4.69, 9.17) is 4.74 Å². The van der Waals surface area contributed by atoms with Crippen LogP contribution in [-0.4, -0.2) is 24.0 Å². The molecule has 0 radical (unpaired) electrons. The van der Waals surface area contributed by atoms with Gasteiger partial charge in [0, 0.05) is 17.6 Å². The Labute approximate surface area is 174 Å². The minimum Gasteiger partial charge on any atom is -0.484 e. The first-order chi connectivity index (χ1) is 14.7. The highest BCUT2D eigenvalue weighted by Gasteiger charge is 2.06. The van der Waals surface area contributed by atoms with Gasteiger partial charge in [-0.1, -0.05) is 60.7 Å². The van der Waals surface area contributed by atoms with E-state index in [1.165, 1.54) is 0 Å². The normalized spacial score (nSPS) is 10.7. The fraction of sp³-hybridized carbons (Fsp3) is 0.120. The number of carbonyl (C=O) groups excluding carboxylic acids is 1. The van der Waals surface area contributed by atoms with Gasteiger partial charge in [0.05, 0.1) is 0 Å². The lowest BCUT2D eigenvalue weighted by molar-refractivity contribution is -0.123. The van der Waals surface area contributed by atoms with Crippen molar-refractivity contribution in [3.05, 3.63) is 101 Å². The van der Waals surface area contributed by atoms with Gasteiger partial charge in [-0.3, -0.25) is 9.59 Å². The number of benzene rings is 3. The lowest BCUT2D eigenvalue weighted by Gasteiger charge is -2.09. The summed E-state index contributed by atoms with van der Waals surface area (Å²) in [5, 5.41) is 3.77. The van der Waals surface area contributed by atoms with Crippen LogP contribution in [0.2, 0.25) is 0 Å². The maximum Gasteiger partial charge on any atom is 0.257 e. The standard InChI is InChI=1S/C25H22N2O3/c28-24(17-30-22-12-10-19(11-13-22)18-6-2-1-3-7-18)26-15-14-21-16-20-8-4-5-9-23(20)27-25(21)29/h1-13,16H,14-15,17H2,(H,26,28)(H,27,29). The molecule has 0 fully saturated rings. The summed E-state index contributed by atoms with van der Waals surface area (Å²) in [5.41, 5.74) is 3.55. The molecule has 0 aliphatic rings. The van der Waals surface area contributed by atoms with E-state index < -0.39 is 0 Å². The molecule has 2 N–H and O–H groups in total. The van der Waals surface area contributed by atoms with Crippen LogP contribution < -0.4 is 15.6 Å². The summed E-state index contributed by atoms with van der Waals surface area (Å²) in [7, 11) is 0. The highest BCUT2D eigenvalue weighted by atomic mass is 16.5. The van der Waals surface area contributed by atoms with E-state index in [0.717, 1.165) is 22.0 Å². The molecule has 0 bridgehead atoms. The van der Waals surface area contributed by atoms with Crippen LogP contribution in [0, 0.1) is 0 Å². The maximum atomic E-state index is 12.2. The number of hydrogen-bond donors (Lipinski definition) is 2. The van der Waals surface area contributed by atoms with E-state index in [1.54, 1.807) is 0 Å². The van der Waals surface area contributed by atoms with Crippen LogP contribution in [0.25, 0.3) is 22.0 Å². The van der Waals surface area contributed by atoms with Gasteiger partial charge in [-0.15, -0.1) is 0 Å². The maximum absolute atomic E-state index is 12.2. The van der Waals surface area contributed by atoms with Gasteiger partial charge in [0.15, 0.2) is 6.61 Å². The number of para-hydroxylation sites is 1. The number of H-pyrrole nitrogens is 1. The molecule has 0 atom stereocenters. The summed E-state index contributed by atoms with van der Waals surface area (Å²) in [6, 6.07) is 27.2. The van der Waals surface area contributed by atoms with Gasteiger partial charge in [0.1, 0.15) is 5.75 Å². The molecule has 0 unspecified atom stereocenters. The molecule has 5 nitrogen and oxygen atoms in total. The number of ether oxygens (including phenoxy) is 1. The molecule has 4 aromatic rings. The minimum atomic E-state index is -0.223. The van der Waals surface area contributed by atoms with Crippen LogP contribution in [0.1, 0.15) is 5.56 Å². The summed E-state index contributed by atoms with van der Waals surface area (Å²) >= 11 is 0. The Morgan fingerprint density at radius 3 is 2.37 bits per heavy atom. The molecule has 1 heterocycles. The van der Waals surface area contributed by atoms with E-state index in [-0.39, 0.29) is 18.1 Å². The third-order valence-corrected chi connectivity index (χ3v) is 4.88. The summed E-state index contributed by atoms with van der Waals surface area (Å²) in [5.74, 6) is 0.412. The lowest BCUT2D eigenvalue weighted by Crippen LogP contribution is -2.31. The fourth-order valence-corrected chi connectivity index (χ4v) is 3.29. The predicted octanol–water partition coefficient (Wildman–Crippen LogP) is 3.93. The van der Waals surface area contributed by atoms with Crippen LogP contribution in [0.5, 0.6) is 5.75 Å². The number of carbonyl (C=O) groups is 1. The summed E-state index contributed by atoms with van der Waals surface area (Å²) in [4.78, 5) is 27.1. The molecule has 150 valence electrons. The summed E-state index contributed by atoms with van der Waals surface area (Å²) < 4.78 is 5.56. The second-order valence-electron chi connectivity index (χ2n) is 6.99. The Morgan fingerprint density at radius 2 is 1.57 bits per heavy atom. The Kier molecular flexibility index (Phi) is 5.90. The zero-order valence-corrected chi connectivity index (χ0v) is 16.4. The SMILES string of the molecule is O=C(COc1ccc(-c2ccccc2)cc1)NCCc1cc2ccccc2[nH]c1=O. The molecule has 0 aliphatic heterocycles. The van der Waals surface area contributed by atoms with Crippen molar-refractivity contribution < 1.29 is 9.53 Å². The number of hydrogen-bond acceptors (Lipinski definition) is 3. The first-order valence-corrected chi connectivity index (χ1v) is 9.85. The van der Waals surface area contributed by atoms with Gasteiger partial charge >= 0.3 is 0 Å². The average molecular weight is 398 g/mol. The average Bonchev–Trinajstić information content (AvgIpc) is 2.79. The molecule has 1 amide bonds. The number of pyridine rings is 1. The molecule has 4 rings (SSSR count). The molecule has 0 saturated heterocycles. The van der Waals surface area contributed by atoms with Crippen LogP contribution in [-0.2, 0) is 11.2 Å². The van der Waals surface area contributed by atoms with Gasteiger partial charge in [-0.05, 0) is 47.2 Å². The number of aromatic amines is 1. The van der Waals surface area contributed by atoms with Crippen molar-refractivity contribution in [1.29, 1.82) is 0 Å². The molecule has 5 heteroatoms. The largest absolute Gasteiger partial charge is 0.484 e. The topological polar surface area (TPSA) is 71.2 Å². The van der Waals surface area contributed by atoms with Gasteiger partial charge in [-0.2, -0.15) is 0 Å². The highest BCUT2D eigenvalue weighted by Crippen LogP contribution is 2.21. The molecular formula is C25H22N2O3. The predicted molar refractivity (Wildman–Crippen MR) is 119 cm³/mol. The fourth-order valence-electron chi connectivity index (χ4n) is 3.29. The molecule has 0 saturated carbocycles. The van der Waals surface area contributed by atoms with Crippen molar-refractivity contribution in [2.45, 2.75) is 6.42 Å². The number of nitrogens with one attached hydrogen (secondary N) is 2. The van der Waals surface area contributed by atoms with Crippen LogP contribution >= 0.6 is 0 Å². The second-order valence-corrected chi connectivity index (χ2v) is 6.99. The Balaban J connectivity index is 1.26. The van der Waals surface area contributed by atoms with Crippen molar-refractivity contribution in [2.75, 3.05) is 13.2 Å². The van der Waals surface area contributed by atoms with Crippen LogP contribution in [0.15, 0.2) is 89.7 Å². The first-order valence-electron chi connectivity index (χ1n) is 9.85. The molecule has 3 aromatic carbocycles. The van der Waals surface area contributed by atoms with E-state index >= 15 is 0 Å². The Hall–Kier alpha value is -3.86. The zero-order chi connectivity index (χ0) is 20.8. The Bertz CT molecular complexity index is 1200. The smallest absolute Gasteiger partial charge is 0.257 e. The molecule has 30 heavy (non-hydrogen) atoms. The first kappa shape index (κ1) is 19.5. The quantitative estimate of drug-likeness (QED) is 0.495. The van der Waals surface area contributed by atoms with Crippen molar-refractivity contribution in [2.24, 2.45) is 0 Å². The minimum absolute atomic E-state index is 0.0707.